The lowest BCUT2D eigenvalue weighted by atomic mass is 10.1. The fraction of sp³-hybridized carbons (Fsp3) is 0.318. The van der Waals surface area contributed by atoms with E-state index in [9.17, 15) is 14.4 Å². The van der Waals surface area contributed by atoms with Crippen molar-refractivity contribution in [1.29, 1.82) is 0 Å². The van der Waals surface area contributed by atoms with Gasteiger partial charge < -0.3 is 15.0 Å². The second kappa shape index (κ2) is 8.85. The van der Waals surface area contributed by atoms with Gasteiger partial charge in [0, 0.05) is 11.6 Å². The van der Waals surface area contributed by atoms with Crippen LogP contribution in [0.1, 0.15) is 23.7 Å². The van der Waals surface area contributed by atoms with Crippen LogP contribution in [0.15, 0.2) is 54.6 Å². The molecule has 0 radical (unpaired) electrons. The molecule has 2 aromatic rings. The number of ether oxygens (including phenoxy) is 1. The van der Waals surface area contributed by atoms with Gasteiger partial charge in [0.25, 0.3) is 5.91 Å². The van der Waals surface area contributed by atoms with Gasteiger partial charge in [-0.2, -0.15) is 0 Å². The summed E-state index contributed by atoms with van der Waals surface area (Å²) < 4.78 is 5.80. The number of amides is 4. The van der Waals surface area contributed by atoms with Crippen molar-refractivity contribution >= 4 is 29.4 Å². The number of nitrogens with one attached hydrogen (secondary N) is 1. The Morgan fingerprint density at radius 2 is 1.83 bits per heavy atom. The first-order valence-electron chi connectivity index (χ1n) is 9.82. The first-order valence-corrected chi connectivity index (χ1v) is 10.2. The number of morpholine rings is 1. The third-order valence-corrected chi connectivity index (χ3v) is 5.73. The van der Waals surface area contributed by atoms with E-state index in [0.717, 1.165) is 10.5 Å². The third-order valence-electron chi connectivity index (χ3n) is 5.36. The van der Waals surface area contributed by atoms with Gasteiger partial charge in [-0.05, 0) is 17.2 Å². The summed E-state index contributed by atoms with van der Waals surface area (Å²) in [6.45, 7) is 1.37. The van der Waals surface area contributed by atoms with Crippen LogP contribution < -0.4 is 5.32 Å². The second-order valence-electron chi connectivity index (χ2n) is 7.33. The van der Waals surface area contributed by atoms with E-state index in [0.29, 0.717) is 30.3 Å². The van der Waals surface area contributed by atoms with Gasteiger partial charge in [-0.15, -0.1) is 0 Å². The molecule has 2 heterocycles. The van der Waals surface area contributed by atoms with E-state index in [2.05, 4.69) is 5.32 Å². The number of hydrogen-bond acceptors (Lipinski definition) is 4. The van der Waals surface area contributed by atoms with Crippen molar-refractivity contribution in [3.63, 3.8) is 0 Å². The Morgan fingerprint density at radius 1 is 1.10 bits per heavy atom. The van der Waals surface area contributed by atoms with Crippen molar-refractivity contribution < 1.29 is 19.1 Å². The fourth-order valence-electron chi connectivity index (χ4n) is 3.71. The van der Waals surface area contributed by atoms with Gasteiger partial charge in [-0.3, -0.25) is 14.5 Å². The van der Waals surface area contributed by atoms with Crippen LogP contribution in [0.5, 0.6) is 0 Å². The highest BCUT2D eigenvalue weighted by Gasteiger charge is 2.40. The lowest BCUT2D eigenvalue weighted by Gasteiger charge is -2.33. The van der Waals surface area contributed by atoms with Crippen molar-refractivity contribution in [2.24, 2.45) is 0 Å². The summed E-state index contributed by atoms with van der Waals surface area (Å²) in [5, 5.41) is 3.11. The molecule has 4 rings (SSSR count). The van der Waals surface area contributed by atoms with Crippen molar-refractivity contribution in [3.8, 4) is 0 Å². The molecule has 4 amide bonds. The maximum atomic E-state index is 12.8. The Bertz CT molecular complexity index is 952. The van der Waals surface area contributed by atoms with E-state index in [-0.39, 0.29) is 25.0 Å². The van der Waals surface area contributed by atoms with E-state index in [1.807, 2.05) is 30.3 Å². The molecule has 2 aliphatic heterocycles. The molecule has 2 aliphatic rings. The Morgan fingerprint density at radius 3 is 2.60 bits per heavy atom. The van der Waals surface area contributed by atoms with E-state index in [1.165, 1.54) is 0 Å². The molecule has 30 heavy (non-hydrogen) atoms. The van der Waals surface area contributed by atoms with E-state index in [1.54, 1.807) is 29.2 Å². The van der Waals surface area contributed by atoms with Crippen molar-refractivity contribution in [1.82, 2.24) is 15.1 Å². The number of urea groups is 1. The number of hydrogen-bond donors (Lipinski definition) is 1. The minimum absolute atomic E-state index is 0.0721. The van der Waals surface area contributed by atoms with Gasteiger partial charge in [-0.1, -0.05) is 60.1 Å². The molecular formula is C22H22ClN3O4. The van der Waals surface area contributed by atoms with Gasteiger partial charge in [-0.25, -0.2) is 4.79 Å². The zero-order valence-electron chi connectivity index (χ0n) is 16.3. The Kier molecular flexibility index (Phi) is 6.01. The molecule has 8 heteroatoms. The average molecular weight is 428 g/mol. The molecule has 0 unspecified atom stereocenters. The lowest BCUT2D eigenvalue weighted by Crippen LogP contribution is -2.45. The maximum Gasteiger partial charge on any atom is 0.325 e. The molecule has 0 spiro atoms. The predicted octanol–water partition coefficient (Wildman–Crippen LogP) is 2.75. The average Bonchev–Trinajstić information content (AvgIpc) is 3.03. The fourth-order valence-corrected chi connectivity index (χ4v) is 3.91. The van der Waals surface area contributed by atoms with Crippen LogP contribution in [0, 0.1) is 0 Å². The Labute approximate surface area is 179 Å². The topological polar surface area (TPSA) is 79.0 Å². The highest BCUT2D eigenvalue weighted by Crippen LogP contribution is 2.24. The molecule has 156 valence electrons. The summed E-state index contributed by atoms with van der Waals surface area (Å²) in [5.41, 5.74) is 1.68. The van der Waals surface area contributed by atoms with Crippen LogP contribution in [0.25, 0.3) is 0 Å². The molecule has 0 aliphatic carbocycles. The molecule has 2 atom stereocenters. The monoisotopic (exact) mass is 427 g/mol. The molecule has 2 saturated heterocycles. The summed E-state index contributed by atoms with van der Waals surface area (Å²) in [6, 6.07) is 15.4. The van der Waals surface area contributed by atoms with Crippen molar-refractivity contribution in [2.45, 2.75) is 25.1 Å². The maximum absolute atomic E-state index is 12.8. The number of carbonyl (C=O) groups excluding carboxylic acids is 3. The number of halogens is 1. The van der Waals surface area contributed by atoms with E-state index in [4.69, 9.17) is 16.3 Å². The minimum atomic E-state index is -0.870. The normalized spacial score (nSPS) is 21.6. The lowest BCUT2D eigenvalue weighted by molar-refractivity contribution is -0.141. The standard InChI is InChI=1S/C22H22ClN3O4/c23-17-9-5-4-8-16(17)13-26-21(28)18(24-22(26)29)12-20(27)25-10-11-30-19(14-25)15-6-2-1-3-7-15/h1-9,18-19H,10-14H2,(H,24,29)/t18-,19-/m1/s1. The molecule has 1 N–H and O–H groups in total. The molecule has 0 saturated carbocycles. The van der Waals surface area contributed by atoms with E-state index < -0.39 is 18.0 Å². The van der Waals surface area contributed by atoms with Gasteiger partial charge in [0.2, 0.25) is 5.91 Å². The number of nitrogens with zero attached hydrogens (tertiary/aromatic N) is 2. The van der Waals surface area contributed by atoms with Crippen molar-refractivity contribution in [2.75, 3.05) is 19.7 Å². The summed E-state index contributed by atoms with van der Waals surface area (Å²) in [6.07, 6.45) is -0.278. The molecule has 2 aromatic carbocycles. The second-order valence-corrected chi connectivity index (χ2v) is 7.74. The summed E-state index contributed by atoms with van der Waals surface area (Å²) >= 11 is 6.14. The van der Waals surface area contributed by atoms with Crippen LogP contribution in [0.4, 0.5) is 4.79 Å². The zero-order chi connectivity index (χ0) is 21.1. The Hall–Kier alpha value is -2.90. The number of carbonyl (C=O) groups is 3. The zero-order valence-corrected chi connectivity index (χ0v) is 17.0. The van der Waals surface area contributed by atoms with Crippen LogP contribution >= 0.6 is 11.6 Å². The van der Waals surface area contributed by atoms with Gasteiger partial charge in [0.1, 0.15) is 12.1 Å². The molecule has 2 fully saturated rings. The number of imide groups is 1. The first-order chi connectivity index (χ1) is 14.5. The van der Waals surface area contributed by atoms with Crippen LogP contribution in [0.2, 0.25) is 5.02 Å². The predicted molar refractivity (Wildman–Crippen MR) is 111 cm³/mol. The minimum Gasteiger partial charge on any atom is -0.370 e. The van der Waals surface area contributed by atoms with Gasteiger partial charge >= 0.3 is 6.03 Å². The summed E-state index contributed by atoms with van der Waals surface area (Å²) in [7, 11) is 0. The first kappa shape index (κ1) is 20.4. The molecule has 7 nitrogen and oxygen atoms in total. The van der Waals surface area contributed by atoms with E-state index >= 15 is 0 Å². The van der Waals surface area contributed by atoms with Gasteiger partial charge in [0.15, 0.2) is 0 Å². The largest absolute Gasteiger partial charge is 0.370 e. The number of benzene rings is 2. The summed E-state index contributed by atoms with van der Waals surface area (Å²) in [4.78, 5) is 40.7. The van der Waals surface area contributed by atoms with Gasteiger partial charge in [0.05, 0.1) is 26.1 Å². The van der Waals surface area contributed by atoms with Crippen LogP contribution in [-0.2, 0) is 20.9 Å². The van der Waals surface area contributed by atoms with Crippen LogP contribution in [-0.4, -0.2) is 53.4 Å². The summed E-state index contributed by atoms with van der Waals surface area (Å²) in [5.74, 6) is -0.599. The van der Waals surface area contributed by atoms with Crippen molar-refractivity contribution in [3.05, 3.63) is 70.7 Å². The smallest absolute Gasteiger partial charge is 0.325 e. The molecule has 0 bridgehead atoms. The Balaban J connectivity index is 1.38. The SMILES string of the molecule is O=C(C[C@H]1NC(=O)N(Cc2ccccc2Cl)C1=O)N1CCO[C@@H](c2ccccc2)C1. The van der Waals surface area contributed by atoms with Crippen LogP contribution in [0.3, 0.4) is 0 Å². The quantitative estimate of drug-likeness (QED) is 0.744. The third kappa shape index (κ3) is 4.32. The highest BCUT2D eigenvalue weighted by molar-refractivity contribution is 6.31. The number of rotatable bonds is 5. The highest BCUT2D eigenvalue weighted by atomic mass is 35.5. The molecular weight excluding hydrogens is 406 g/mol. The molecule has 0 aromatic heterocycles.